The summed E-state index contributed by atoms with van der Waals surface area (Å²) < 4.78 is 0. The van der Waals surface area contributed by atoms with Gasteiger partial charge >= 0.3 is 0 Å². The summed E-state index contributed by atoms with van der Waals surface area (Å²) in [5, 5.41) is 6.05. The second-order valence-corrected chi connectivity index (χ2v) is 5.25. The van der Waals surface area contributed by atoms with Gasteiger partial charge in [0, 0.05) is 6.08 Å². The zero-order valence-electron chi connectivity index (χ0n) is 12.3. The van der Waals surface area contributed by atoms with Gasteiger partial charge in [-0.3, -0.25) is 10.1 Å². The van der Waals surface area contributed by atoms with E-state index < -0.39 is 0 Å². The Morgan fingerprint density at radius 1 is 1.05 bits per heavy atom. The van der Waals surface area contributed by atoms with E-state index in [0.717, 1.165) is 11.1 Å². The Balaban J connectivity index is 1.84. The van der Waals surface area contributed by atoms with Crippen LogP contribution in [-0.2, 0) is 4.79 Å². The quantitative estimate of drug-likeness (QED) is 0.671. The van der Waals surface area contributed by atoms with Crippen molar-refractivity contribution in [3.05, 3.63) is 77.9 Å². The first-order chi connectivity index (χ1) is 10.6. The smallest absolute Gasteiger partial charge is 0.250 e. The van der Waals surface area contributed by atoms with E-state index in [1.165, 1.54) is 6.08 Å². The molecule has 1 amide bonds. The molecule has 0 aliphatic heterocycles. The number of carbonyl (C=O) groups excluding carboxylic acids is 1. The van der Waals surface area contributed by atoms with Crippen LogP contribution in [0.3, 0.4) is 0 Å². The van der Waals surface area contributed by atoms with Crippen LogP contribution in [0.5, 0.6) is 0 Å². The summed E-state index contributed by atoms with van der Waals surface area (Å²) in [5.41, 5.74) is 2.08. The highest BCUT2D eigenvalue weighted by molar-refractivity contribution is 7.80. The molecule has 0 saturated heterocycles. The van der Waals surface area contributed by atoms with Crippen molar-refractivity contribution in [3.63, 3.8) is 0 Å². The maximum atomic E-state index is 11.8. The largest absolute Gasteiger partial charge is 0.356 e. The molecule has 3 nitrogen and oxygen atoms in total. The molecule has 2 rings (SSSR count). The summed E-state index contributed by atoms with van der Waals surface area (Å²) in [7, 11) is 0. The fraction of sp³-hybridized carbons (Fsp3) is 0.111. The van der Waals surface area contributed by atoms with Gasteiger partial charge in [-0.2, -0.15) is 0 Å². The lowest BCUT2D eigenvalue weighted by atomic mass is 10.1. The summed E-state index contributed by atoms with van der Waals surface area (Å²) >= 11 is 5.16. The maximum absolute atomic E-state index is 11.8. The monoisotopic (exact) mass is 310 g/mol. The van der Waals surface area contributed by atoms with E-state index in [1.807, 2.05) is 67.6 Å². The van der Waals surface area contributed by atoms with Gasteiger partial charge in [-0.25, -0.2) is 0 Å². The maximum Gasteiger partial charge on any atom is 0.250 e. The lowest BCUT2D eigenvalue weighted by Gasteiger charge is -2.16. The molecule has 112 valence electrons. The molecule has 0 aromatic heterocycles. The molecule has 22 heavy (non-hydrogen) atoms. The van der Waals surface area contributed by atoms with Crippen LogP contribution in [0.1, 0.15) is 24.1 Å². The summed E-state index contributed by atoms with van der Waals surface area (Å²) in [6, 6.07) is 19.6. The van der Waals surface area contributed by atoms with E-state index >= 15 is 0 Å². The molecular formula is C18H18N2OS. The van der Waals surface area contributed by atoms with Crippen LogP contribution in [0.4, 0.5) is 0 Å². The van der Waals surface area contributed by atoms with Crippen LogP contribution in [0.2, 0.25) is 0 Å². The van der Waals surface area contributed by atoms with Crippen molar-refractivity contribution in [1.82, 2.24) is 10.6 Å². The average molecular weight is 310 g/mol. The number of amides is 1. The lowest BCUT2D eigenvalue weighted by Crippen LogP contribution is -2.39. The van der Waals surface area contributed by atoms with Crippen molar-refractivity contribution in [1.29, 1.82) is 0 Å². The first-order valence-corrected chi connectivity index (χ1v) is 7.45. The zero-order chi connectivity index (χ0) is 15.8. The van der Waals surface area contributed by atoms with Gasteiger partial charge in [-0.15, -0.1) is 0 Å². The third-order valence-electron chi connectivity index (χ3n) is 3.11. The number of hydrogen-bond donors (Lipinski definition) is 2. The van der Waals surface area contributed by atoms with E-state index in [0.29, 0.717) is 5.11 Å². The number of nitrogens with one attached hydrogen (secondary N) is 2. The fourth-order valence-corrected chi connectivity index (χ4v) is 2.22. The van der Waals surface area contributed by atoms with Gasteiger partial charge in [0.15, 0.2) is 5.11 Å². The Bertz CT molecular complexity index is 653. The van der Waals surface area contributed by atoms with Crippen LogP contribution in [0, 0.1) is 0 Å². The standard InChI is InChI=1S/C18H18N2OS/c1-14(16-10-6-3-7-11-16)19-18(22)20-17(21)13-12-15-8-4-2-5-9-15/h2-14H,1H3,(H2,19,20,21,22)/b13-12+. The zero-order valence-corrected chi connectivity index (χ0v) is 13.1. The number of hydrogen-bond acceptors (Lipinski definition) is 2. The molecule has 0 saturated carbocycles. The Morgan fingerprint density at radius 3 is 2.27 bits per heavy atom. The predicted molar refractivity (Wildman–Crippen MR) is 94.2 cm³/mol. The minimum absolute atomic E-state index is 0.0344. The minimum atomic E-state index is -0.249. The molecule has 2 aromatic rings. The predicted octanol–water partition coefficient (Wildman–Crippen LogP) is 3.45. The fourth-order valence-electron chi connectivity index (χ4n) is 1.95. The van der Waals surface area contributed by atoms with E-state index in [-0.39, 0.29) is 11.9 Å². The van der Waals surface area contributed by atoms with Crippen LogP contribution in [-0.4, -0.2) is 11.0 Å². The second-order valence-electron chi connectivity index (χ2n) is 4.84. The van der Waals surface area contributed by atoms with Crippen LogP contribution < -0.4 is 10.6 Å². The van der Waals surface area contributed by atoms with Crippen molar-refractivity contribution < 1.29 is 4.79 Å². The molecule has 0 aliphatic rings. The van der Waals surface area contributed by atoms with E-state index in [9.17, 15) is 4.79 Å². The first-order valence-electron chi connectivity index (χ1n) is 7.04. The minimum Gasteiger partial charge on any atom is -0.356 e. The average Bonchev–Trinajstić information content (AvgIpc) is 2.54. The van der Waals surface area contributed by atoms with Gasteiger partial charge < -0.3 is 5.32 Å². The van der Waals surface area contributed by atoms with Gasteiger partial charge in [-0.05, 0) is 36.3 Å². The van der Waals surface area contributed by atoms with Gasteiger partial charge in [0.25, 0.3) is 0 Å². The normalized spacial score (nSPS) is 11.9. The molecule has 0 aliphatic carbocycles. The highest BCUT2D eigenvalue weighted by Gasteiger charge is 2.07. The van der Waals surface area contributed by atoms with E-state index in [1.54, 1.807) is 6.08 Å². The SMILES string of the molecule is CC(NC(=S)NC(=O)/C=C/c1ccccc1)c1ccccc1. The number of benzene rings is 2. The van der Waals surface area contributed by atoms with Crippen molar-refractivity contribution in [2.75, 3.05) is 0 Å². The van der Waals surface area contributed by atoms with Crippen molar-refractivity contribution in [2.45, 2.75) is 13.0 Å². The van der Waals surface area contributed by atoms with Gasteiger partial charge in [0.2, 0.25) is 5.91 Å². The van der Waals surface area contributed by atoms with Crippen molar-refractivity contribution >= 4 is 29.3 Å². The number of rotatable bonds is 4. The molecule has 2 aromatic carbocycles. The third-order valence-corrected chi connectivity index (χ3v) is 3.33. The molecule has 2 N–H and O–H groups in total. The third kappa shape index (κ3) is 5.14. The Labute approximate surface area is 136 Å². The second kappa shape index (κ2) is 8.10. The van der Waals surface area contributed by atoms with Crippen LogP contribution in [0.25, 0.3) is 6.08 Å². The molecule has 0 spiro atoms. The molecule has 4 heteroatoms. The van der Waals surface area contributed by atoms with Crippen molar-refractivity contribution in [2.24, 2.45) is 0 Å². The number of carbonyl (C=O) groups is 1. The molecule has 0 radical (unpaired) electrons. The lowest BCUT2D eigenvalue weighted by molar-refractivity contribution is -0.115. The van der Waals surface area contributed by atoms with Gasteiger partial charge in [0.1, 0.15) is 0 Å². The molecule has 1 atom stereocenters. The first kappa shape index (κ1) is 15.9. The summed E-state index contributed by atoms with van der Waals surface area (Å²) in [5.74, 6) is -0.249. The highest BCUT2D eigenvalue weighted by Crippen LogP contribution is 2.10. The topological polar surface area (TPSA) is 41.1 Å². The summed E-state index contributed by atoms with van der Waals surface area (Å²) in [6.07, 6.45) is 3.22. The molecule has 0 bridgehead atoms. The molecule has 0 fully saturated rings. The van der Waals surface area contributed by atoms with Gasteiger partial charge in [0.05, 0.1) is 6.04 Å². The number of thiocarbonyl (C=S) groups is 1. The molecule has 1 unspecified atom stereocenters. The van der Waals surface area contributed by atoms with Crippen LogP contribution >= 0.6 is 12.2 Å². The Morgan fingerprint density at radius 2 is 1.64 bits per heavy atom. The van der Waals surface area contributed by atoms with Crippen LogP contribution in [0.15, 0.2) is 66.7 Å². The Kier molecular flexibility index (Phi) is 5.86. The van der Waals surface area contributed by atoms with E-state index in [2.05, 4.69) is 10.6 Å². The van der Waals surface area contributed by atoms with E-state index in [4.69, 9.17) is 12.2 Å². The summed E-state index contributed by atoms with van der Waals surface area (Å²) in [6.45, 7) is 1.99. The Hall–Kier alpha value is -2.46. The van der Waals surface area contributed by atoms with Crippen molar-refractivity contribution in [3.8, 4) is 0 Å². The molecular weight excluding hydrogens is 292 g/mol. The van der Waals surface area contributed by atoms with Gasteiger partial charge in [-0.1, -0.05) is 60.7 Å². The highest BCUT2D eigenvalue weighted by atomic mass is 32.1. The molecule has 0 heterocycles. The summed E-state index contributed by atoms with van der Waals surface area (Å²) in [4.78, 5) is 11.8.